The fourth-order valence-electron chi connectivity index (χ4n) is 2.64. The summed E-state index contributed by atoms with van der Waals surface area (Å²) in [5.41, 5.74) is 1.13. The highest BCUT2D eigenvalue weighted by molar-refractivity contribution is 5.85. The summed E-state index contributed by atoms with van der Waals surface area (Å²) in [6.45, 7) is 0.526. The molecule has 7 heteroatoms. The first-order valence-corrected chi connectivity index (χ1v) is 8.08. The summed E-state index contributed by atoms with van der Waals surface area (Å²) in [6, 6.07) is 10.7. The van der Waals surface area contributed by atoms with Crippen molar-refractivity contribution in [3.05, 3.63) is 71.0 Å². The third kappa shape index (κ3) is 7.06. The van der Waals surface area contributed by atoms with Gasteiger partial charge in [-0.1, -0.05) is 30.3 Å². The minimum Gasteiger partial charge on any atom is -0.481 e. The second-order valence-corrected chi connectivity index (χ2v) is 5.91. The molecule has 1 unspecified atom stereocenters. The van der Waals surface area contributed by atoms with Crippen LogP contribution in [-0.2, 0) is 17.8 Å². The van der Waals surface area contributed by atoms with E-state index < -0.39 is 23.4 Å². The highest BCUT2D eigenvalue weighted by atomic mass is 35.5. The Balaban J connectivity index is 0.00000338. The molecule has 142 valence electrons. The van der Waals surface area contributed by atoms with E-state index >= 15 is 0 Å². The summed E-state index contributed by atoms with van der Waals surface area (Å²) in [6.07, 6.45) is 1.10. The minimum atomic E-state index is -1.21. The van der Waals surface area contributed by atoms with Crippen LogP contribution in [0.2, 0.25) is 0 Å². The van der Waals surface area contributed by atoms with Gasteiger partial charge in [0.2, 0.25) is 0 Å². The Morgan fingerprint density at radius 2 is 1.69 bits per heavy atom. The van der Waals surface area contributed by atoms with Crippen molar-refractivity contribution in [1.82, 2.24) is 5.32 Å². The number of carboxylic acids is 1. The molecule has 0 radical (unpaired) electrons. The van der Waals surface area contributed by atoms with Gasteiger partial charge in [-0.05, 0) is 36.5 Å². The van der Waals surface area contributed by atoms with Crippen LogP contribution < -0.4 is 5.32 Å². The largest absolute Gasteiger partial charge is 0.481 e. The molecule has 0 aliphatic heterocycles. The van der Waals surface area contributed by atoms with Gasteiger partial charge in [0.25, 0.3) is 0 Å². The Hall–Kier alpha value is -2.05. The Morgan fingerprint density at radius 3 is 2.35 bits per heavy atom. The standard InChI is InChI=1S/C19H20F3NO2.ClH/c20-16-11-18(22)17(21)9-14(16)7-4-8-15(10-19(24)25)23-12-13-5-2-1-3-6-13;/h1-3,5-6,9,11,15,23H,4,7-8,10,12H2,(H,24,25);1H. The highest BCUT2D eigenvalue weighted by Crippen LogP contribution is 2.17. The van der Waals surface area contributed by atoms with E-state index in [1.165, 1.54) is 0 Å². The monoisotopic (exact) mass is 387 g/mol. The van der Waals surface area contributed by atoms with Gasteiger partial charge in [-0.3, -0.25) is 4.79 Å². The molecule has 0 fully saturated rings. The van der Waals surface area contributed by atoms with Crippen molar-refractivity contribution < 1.29 is 23.1 Å². The summed E-state index contributed by atoms with van der Waals surface area (Å²) in [4.78, 5) is 11.0. The van der Waals surface area contributed by atoms with E-state index in [4.69, 9.17) is 5.11 Å². The Bertz CT molecular complexity index is 713. The SMILES string of the molecule is Cl.O=C(O)CC(CCCc1cc(F)c(F)cc1F)NCc1ccccc1. The number of hydrogen-bond donors (Lipinski definition) is 2. The predicted molar refractivity (Wildman–Crippen MR) is 95.8 cm³/mol. The van der Waals surface area contributed by atoms with Crippen molar-refractivity contribution in [2.24, 2.45) is 0 Å². The van der Waals surface area contributed by atoms with Gasteiger partial charge in [-0.15, -0.1) is 12.4 Å². The number of carboxylic acid groups (broad SMARTS) is 1. The van der Waals surface area contributed by atoms with E-state index in [1.54, 1.807) is 0 Å². The first-order valence-electron chi connectivity index (χ1n) is 8.08. The molecule has 0 heterocycles. The predicted octanol–water partition coefficient (Wildman–Crippen LogP) is 4.48. The zero-order valence-corrected chi connectivity index (χ0v) is 14.9. The van der Waals surface area contributed by atoms with Gasteiger partial charge < -0.3 is 10.4 Å². The average molecular weight is 388 g/mol. The normalized spacial score (nSPS) is 11.7. The van der Waals surface area contributed by atoms with Crippen LogP contribution in [0.25, 0.3) is 0 Å². The molecule has 0 saturated carbocycles. The van der Waals surface area contributed by atoms with Crippen LogP contribution in [0.1, 0.15) is 30.4 Å². The second-order valence-electron chi connectivity index (χ2n) is 5.91. The third-order valence-corrected chi connectivity index (χ3v) is 3.95. The summed E-state index contributed by atoms with van der Waals surface area (Å²) >= 11 is 0. The molecule has 0 aromatic heterocycles. The van der Waals surface area contributed by atoms with E-state index in [0.29, 0.717) is 25.5 Å². The first-order chi connectivity index (χ1) is 12.0. The molecule has 0 aliphatic carbocycles. The van der Waals surface area contributed by atoms with Crippen molar-refractivity contribution in [2.75, 3.05) is 0 Å². The number of rotatable bonds is 9. The maximum Gasteiger partial charge on any atom is 0.304 e. The van der Waals surface area contributed by atoms with Crippen LogP contribution in [0.15, 0.2) is 42.5 Å². The molecular weight excluding hydrogens is 367 g/mol. The average Bonchev–Trinajstić information content (AvgIpc) is 2.57. The molecular formula is C19H21ClF3NO2. The summed E-state index contributed by atoms with van der Waals surface area (Å²) < 4.78 is 39.7. The number of hydrogen-bond acceptors (Lipinski definition) is 2. The second kappa shape index (κ2) is 10.8. The van der Waals surface area contributed by atoms with E-state index in [1.807, 2.05) is 30.3 Å². The van der Waals surface area contributed by atoms with Gasteiger partial charge in [-0.2, -0.15) is 0 Å². The molecule has 26 heavy (non-hydrogen) atoms. The Morgan fingerprint density at radius 1 is 1.04 bits per heavy atom. The lowest BCUT2D eigenvalue weighted by atomic mass is 10.0. The zero-order chi connectivity index (χ0) is 18.2. The maximum absolute atomic E-state index is 13.6. The topological polar surface area (TPSA) is 49.3 Å². The number of benzene rings is 2. The molecule has 3 nitrogen and oxygen atoms in total. The van der Waals surface area contributed by atoms with Crippen LogP contribution in [0.4, 0.5) is 13.2 Å². The molecule has 1 atom stereocenters. The van der Waals surface area contributed by atoms with E-state index in [0.717, 1.165) is 11.6 Å². The Kier molecular flexibility index (Phi) is 9.16. The van der Waals surface area contributed by atoms with E-state index in [-0.39, 0.29) is 36.9 Å². The van der Waals surface area contributed by atoms with Crippen molar-refractivity contribution in [3.63, 3.8) is 0 Å². The van der Waals surface area contributed by atoms with Crippen LogP contribution in [0.3, 0.4) is 0 Å². The van der Waals surface area contributed by atoms with Crippen LogP contribution in [0, 0.1) is 17.5 Å². The quantitative estimate of drug-likeness (QED) is 0.624. The van der Waals surface area contributed by atoms with Crippen molar-refractivity contribution >= 4 is 18.4 Å². The molecule has 2 aromatic rings. The summed E-state index contributed by atoms with van der Waals surface area (Å²) in [5.74, 6) is -4.01. The molecule has 0 aliphatic rings. The number of nitrogens with one attached hydrogen (secondary N) is 1. The van der Waals surface area contributed by atoms with Crippen LogP contribution in [-0.4, -0.2) is 17.1 Å². The molecule has 0 spiro atoms. The number of carbonyl (C=O) groups is 1. The summed E-state index contributed by atoms with van der Waals surface area (Å²) in [5, 5.41) is 12.2. The van der Waals surface area contributed by atoms with Crippen molar-refractivity contribution in [3.8, 4) is 0 Å². The molecule has 2 rings (SSSR count). The van der Waals surface area contributed by atoms with Crippen LogP contribution >= 0.6 is 12.4 Å². The number of halogens is 4. The van der Waals surface area contributed by atoms with E-state index in [2.05, 4.69) is 5.32 Å². The Labute approximate surface area is 156 Å². The first kappa shape index (κ1) is 22.0. The lowest BCUT2D eigenvalue weighted by Gasteiger charge is -2.17. The molecule has 0 bridgehead atoms. The summed E-state index contributed by atoms with van der Waals surface area (Å²) in [7, 11) is 0. The zero-order valence-electron chi connectivity index (χ0n) is 14.1. The maximum atomic E-state index is 13.6. The fourth-order valence-corrected chi connectivity index (χ4v) is 2.64. The fraction of sp³-hybridized carbons (Fsp3) is 0.316. The van der Waals surface area contributed by atoms with E-state index in [9.17, 15) is 18.0 Å². The van der Waals surface area contributed by atoms with Crippen molar-refractivity contribution in [2.45, 2.75) is 38.3 Å². The molecule has 0 saturated heterocycles. The van der Waals surface area contributed by atoms with Crippen LogP contribution in [0.5, 0.6) is 0 Å². The lowest BCUT2D eigenvalue weighted by Crippen LogP contribution is -2.31. The minimum absolute atomic E-state index is 0. The van der Waals surface area contributed by atoms with Gasteiger partial charge in [0.05, 0.1) is 6.42 Å². The van der Waals surface area contributed by atoms with Gasteiger partial charge in [0.1, 0.15) is 5.82 Å². The smallest absolute Gasteiger partial charge is 0.304 e. The lowest BCUT2D eigenvalue weighted by molar-refractivity contribution is -0.137. The van der Waals surface area contributed by atoms with Gasteiger partial charge in [0, 0.05) is 18.7 Å². The number of aliphatic carboxylic acids is 1. The third-order valence-electron chi connectivity index (χ3n) is 3.95. The van der Waals surface area contributed by atoms with Gasteiger partial charge in [0.15, 0.2) is 11.6 Å². The highest BCUT2D eigenvalue weighted by Gasteiger charge is 2.14. The number of aryl methyl sites for hydroxylation is 1. The molecule has 2 aromatic carbocycles. The molecule has 2 N–H and O–H groups in total. The van der Waals surface area contributed by atoms with Crippen molar-refractivity contribution in [1.29, 1.82) is 0 Å². The molecule has 0 amide bonds. The van der Waals surface area contributed by atoms with Gasteiger partial charge in [-0.25, -0.2) is 13.2 Å². The van der Waals surface area contributed by atoms with Gasteiger partial charge >= 0.3 is 5.97 Å².